The number of nitrogens with zero attached hydrogens (tertiary/aromatic N) is 4. The molecule has 0 spiro atoms. The summed E-state index contributed by atoms with van der Waals surface area (Å²) in [6.45, 7) is 3.59. The van der Waals surface area contributed by atoms with Crippen LogP contribution in [0.3, 0.4) is 0 Å². The summed E-state index contributed by atoms with van der Waals surface area (Å²) < 4.78 is 5.11. The first-order valence-corrected chi connectivity index (χ1v) is 7.67. The third-order valence-corrected chi connectivity index (χ3v) is 4.34. The van der Waals surface area contributed by atoms with Gasteiger partial charge in [-0.1, -0.05) is 11.8 Å². The minimum absolute atomic E-state index is 0.180. The second-order valence-electron chi connectivity index (χ2n) is 5.03. The summed E-state index contributed by atoms with van der Waals surface area (Å²) in [5.74, 6) is 0.400. The van der Waals surface area contributed by atoms with Gasteiger partial charge in [-0.05, 0) is 7.05 Å². The van der Waals surface area contributed by atoms with Crippen molar-refractivity contribution >= 4 is 28.8 Å². The Balaban J connectivity index is 1.57. The molecular weight excluding hydrogens is 296 g/mol. The summed E-state index contributed by atoms with van der Waals surface area (Å²) in [5.41, 5.74) is 0. The van der Waals surface area contributed by atoms with Gasteiger partial charge in [-0.2, -0.15) is 5.01 Å². The van der Waals surface area contributed by atoms with E-state index in [0.717, 1.165) is 37.9 Å². The van der Waals surface area contributed by atoms with Gasteiger partial charge in [-0.25, -0.2) is 0 Å². The van der Waals surface area contributed by atoms with Crippen molar-refractivity contribution in [1.29, 1.82) is 0 Å². The molecule has 2 fully saturated rings. The lowest BCUT2D eigenvalue weighted by Gasteiger charge is -2.26. The molecule has 2 amide bonds. The lowest BCUT2D eigenvalue weighted by atomic mass is 10.3. The molecule has 1 aromatic heterocycles. The van der Waals surface area contributed by atoms with E-state index in [0.29, 0.717) is 5.75 Å². The number of aromatic nitrogens is 2. The highest BCUT2D eigenvalue weighted by molar-refractivity contribution is 8.14. The third-order valence-electron chi connectivity index (χ3n) is 3.46. The largest absolute Gasteiger partial charge is 0.334 e. The molecule has 3 rings (SSSR count). The summed E-state index contributed by atoms with van der Waals surface area (Å²) in [7, 11) is 2.07. The molecule has 10 heteroatoms. The summed E-state index contributed by atoms with van der Waals surface area (Å²) in [6.07, 6.45) is 1.63. The predicted molar refractivity (Wildman–Crippen MR) is 75.6 cm³/mol. The summed E-state index contributed by atoms with van der Waals surface area (Å²) in [6, 6.07) is -0.523. The van der Waals surface area contributed by atoms with Gasteiger partial charge in [0.2, 0.25) is 11.2 Å². The van der Waals surface area contributed by atoms with Crippen LogP contribution in [0.2, 0.25) is 0 Å². The molecule has 0 bridgehead atoms. The molecule has 21 heavy (non-hydrogen) atoms. The third kappa shape index (κ3) is 3.27. The number of thioether (sulfide) groups is 1. The molecular formula is C11H17N6O3S+. The van der Waals surface area contributed by atoms with Crippen LogP contribution in [0, 0.1) is 0 Å². The van der Waals surface area contributed by atoms with Gasteiger partial charge in [-0.3, -0.25) is 19.4 Å². The lowest BCUT2D eigenvalue weighted by Crippen LogP contribution is -2.64. The van der Waals surface area contributed by atoms with E-state index >= 15 is 0 Å². The molecule has 0 aromatic carbocycles. The molecule has 1 aromatic rings. The van der Waals surface area contributed by atoms with Crippen molar-refractivity contribution in [1.82, 2.24) is 15.5 Å². The van der Waals surface area contributed by atoms with Gasteiger partial charge >= 0.3 is 5.88 Å². The van der Waals surface area contributed by atoms with Gasteiger partial charge in [0.15, 0.2) is 0 Å². The Kier molecular flexibility index (Phi) is 3.97. The zero-order valence-electron chi connectivity index (χ0n) is 11.6. The molecule has 2 N–H and O–H groups in total. The van der Waals surface area contributed by atoms with Gasteiger partial charge in [0, 0.05) is 18.8 Å². The minimum atomic E-state index is -0.523. The van der Waals surface area contributed by atoms with Crippen LogP contribution in [-0.4, -0.2) is 66.3 Å². The minimum Gasteiger partial charge on any atom is -0.334 e. The SMILES string of the molecule is CN1CCN([n+]2cc(NC(=O)[C@@H]3CSC(=O)N3)on2)CC1. The van der Waals surface area contributed by atoms with Crippen LogP contribution in [0.25, 0.3) is 0 Å². The van der Waals surface area contributed by atoms with Crippen molar-refractivity contribution in [2.45, 2.75) is 6.04 Å². The fourth-order valence-electron chi connectivity index (χ4n) is 2.16. The zero-order valence-corrected chi connectivity index (χ0v) is 12.4. The van der Waals surface area contributed by atoms with Gasteiger partial charge in [-0.15, -0.1) is 0 Å². The number of carbonyl (C=O) groups excluding carboxylic acids is 2. The molecule has 0 radical (unpaired) electrons. The van der Waals surface area contributed by atoms with Crippen LogP contribution in [0.5, 0.6) is 0 Å². The maximum Gasteiger partial charge on any atom is 0.305 e. The molecule has 9 nitrogen and oxygen atoms in total. The monoisotopic (exact) mass is 313 g/mol. The molecule has 114 valence electrons. The number of piperazine rings is 1. The highest BCUT2D eigenvalue weighted by Crippen LogP contribution is 2.14. The fourth-order valence-corrected chi connectivity index (χ4v) is 2.94. The molecule has 2 saturated heterocycles. The molecule has 0 aliphatic carbocycles. The van der Waals surface area contributed by atoms with E-state index in [-0.39, 0.29) is 17.0 Å². The zero-order chi connectivity index (χ0) is 14.8. The van der Waals surface area contributed by atoms with E-state index in [4.69, 9.17) is 4.52 Å². The number of nitrogens with one attached hydrogen (secondary N) is 2. The van der Waals surface area contributed by atoms with Crippen molar-refractivity contribution < 1.29 is 18.9 Å². The Morgan fingerprint density at radius 3 is 2.95 bits per heavy atom. The van der Waals surface area contributed by atoms with Gasteiger partial charge < -0.3 is 10.2 Å². The van der Waals surface area contributed by atoms with E-state index in [1.165, 1.54) is 0 Å². The predicted octanol–water partition coefficient (Wildman–Crippen LogP) is -1.39. The fraction of sp³-hybridized carbons (Fsp3) is 0.636. The molecule has 3 heterocycles. The molecule has 0 unspecified atom stereocenters. The quantitative estimate of drug-likeness (QED) is 0.663. The number of hydrogen-bond acceptors (Lipinski definition) is 7. The van der Waals surface area contributed by atoms with E-state index in [1.807, 2.05) is 5.01 Å². The van der Waals surface area contributed by atoms with Gasteiger partial charge in [0.25, 0.3) is 11.4 Å². The first-order valence-electron chi connectivity index (χ1n) is 6.68. The Morgan fingerprint density at radius 1 is 1.52 bits per heavy atom. The van der Waals surface area contributed by atoms with Gasteiger partial charge in [0.1, 0.15) is 6.04 Å². The second kappa shape index (κ2) is 5.90. The smallest absolute Gasteiger partial charge is 0.305 e. The van der Waals surface area contributed by atoms with Crippen LogP contribution in [-0.2, 0) is 4.79 Å². The van der Waals surface area contributed by atoms with Crippen LogP contribution >= 0.6 is 11.8 Å². The van der Waals surface area contributed by atoms with Crippen LogP contribution < -0.4 is 20.4 Å². The Morgan fingerprint density at radius 2 is 2.29 bits per heavy atom. The summed E-state index contributed by atoms with van der Waals surface area (Å²) in [4.78, 5) is 26.8. The standard InChI is InChI=1S/C11H16N6O3S/c1-15-2-4-16(5-3-15)17-6-9(20-14-17)13-10(18)8-7-21-11(19)12-8/h6,8H,2-5,7H2,1H3,(H-,12,13,14,18,19)/p+1/t8-/m0/s1. The van der Waals surface area contributed by atoms with Crippen molar-refractivity contribution in [3.63, 3.8) is 0 Å². The number of hydrogen-bond donors (Lipinski definition) is 2. The molecule has 2 aliphatic heterocycles. The maximum absolute atomic E-state index is 11.9. The highest BCUT2D eigenvalue weighted by Gasteiger charge is 2.30. The second-order valence-corrected chi connectivity index (χ2v) is 6.02. The van der Waals surface area contributed by atoms with Crippen LogP contribution in [0.15, 0.2) is 10.7 Å². The normalized spacial score (nSPS) is 23.2. The Labute approximate surface area is 125 Å². The Bertz CT molecular complexity index is 542. The van der Waals surface area contributed by atoms with E-state index in [2.05, 4.69) is 27.9 Å². The average molecular weight is 313 g/mol. The number of likely N-dealkylation sites (N-methyl/N-ethyl adjacent to an activating group) is 1. The van der Waals surface area contributed by atoms with E-state index in [1.54, 1.807) is 11.0 Å². The topological polar surface area (TPSA) is 94.6 Å². The van der Waals surface area contributed by atoms with Crippen LogP contribution in [0.1, 0.15) is 0 Å². The van der Waals surface area contributed by atoms with Crippen molar-refractivity contribution in [3.05, 3.63) is 6.20 Å². The first kappa shape index (κ1) is 14.1. The van der Waals surface area contributed by atoms with Crippen molar-refractivity contribution in [2.24, 2.45) is 0 Å². The first-order chi connectivity index (χ1) is 10.1. The highest BCUT2D eigenvalue weighted by atomic mass is 32.2. The maximum atomic E-state index is 11.9. The lowest BCUT2D eigenvalue weighted by molar-refractivity contribution is -0.759. The molecule has 1 atom stereocenters. The summed E-state index contributed by atoms with van der Waals surface area (Å²) in [5, 5.41) is 10.9. The van der Waals surface area contributed by atoms with E-state index in [9.17, 15) is 9.59 Å². The summed E-state index contributed by atoms with van der Waals surface area (Å²) >= 11 is 1.10. The van der Waals surface area contributed by atoms with Crippen molar-refractivity contribution in [3.8, 4) is 0 Å². The van der Waals surface area contributed by atoms with Crippen LogP contribution in [0.4, 0.5) is 10.7 Å². The van der Waals surface area contributed by atoms with E-state index < -0.39 is 6.04 Å². The van der Waals surface area contributed by atoms with Gasteiger partial charge in [0.05, 0.1) is 17.9 Å². The number of amides is 2. The Hall–Kier alpha value is -1.81. The van der Waals surface area contributed by atoms with Crippen molar-refractivity contribution in [2.75, 3.05) is 49.3 Å². The molecule has 2 aliphatic rings. The number of carbonyl (C=O) groups is 2. The molecule has 0 saturated carbocycles. The average Bonchev–Trinajstić information content (AvgIpc) is 3.09. The number of rotatable bonds is 3. The number of anilines is 1.